The van der Waals surface area contributed by atoms with Crippen molar-refractivity contribution in [3.8, 4) is 0 Å². The van der Waals surface area contributed by atoms with E-state index >= 15 is 0 Å². The highest BCUT2D eigenvalue weighted by Gasteiger charge is 2.06. The summed E-state index contributed by atoms with van der Waals surface area (Å²) >= 11 is 0. The average molecular weight is 227 g/mol. The molecule has 0 aliphatic carbocycles. The van der Waals surface area contributed by atoms with E-state index in [-0.39, 0.29) is 11.4 Å². The summed E-state index contributed by atoms with van der Waals surface area (Å²) in [6.07, 6.45) is 2.86. The third kappa shape index (κ3) is 2.73. The molecular formula is C10H17N3O3. The zero-order valence-corrected chi connectivity index (χ0v) is 9.60. The first-order valence-electron chi connectivity index (χ1n) is 5.12. The van der Waals surface area contributed by atoms with Crippen molar-refractivity contribution in [2.45, 2.75) is 19.4 Å². The summed E-state index contributed by atoms with van der Waals surface area (Å²) < 4.78 is 7.36. The molecule has 90 valence electrons. The van der Waals surface area contributed by atoms with E-state index in [0.29, 0.717) is 19.6 Å². The van der Waals surface area contributed by atoms with Crippen molar-refractivity contribution < 1.29 is 4.74 Å². The van der Waals surface area contributed by atoms with Gasteiger partial charge in [-0.3, -0.25) is 9.36 Å². The van der Waals surface area contributed by atoms with Crippen molar-refractivity contribution in [1.29, 1.82) is 0 Å². The molecule has 0 saturated heterocycles. The van der Waals surface area contributed by atoms with Crippen LogP contribution in [0.3, 0.4) is 0 Å². The number of hydrogen-bond acceptors (Lipinski definition) is 4. The van der Waals surface area contributed by atoms with Crippen LogP contribution in [0.15, 0.2) is 15.8 Å². The van der Waals surface area contributed by atoms with Gasteiger partial charge in [-0.05, 0) is 12.8 Å². The number of rotatable bonds is 5. The Labute approximate surface area is 93.3 Å². The lowest BCUT2D eigenvalue weighted by Crippen LogP contribution is -2.39. The molecule has 0 aliphatic heterocycles. The highest BCUT2D eigenvalue weighted by atomic mass is 16.5. The number of aryl methyl sites for hydroxylation is 1. The smallest absolute Gasteiger partial charge is 0.330 e. The van der Waals surface area contributed by atoms with Gasteiger partial charge in [0.05, 0.1) is 0 Å². The lowest BCUT2D eigenvalue weighted by Gasteiger charge is -2.07. The first-order chi connectivity index (χ1) is 7.57. The summed E-state index contributed by atoms with van der Waals surface area (Å²) in [5.74, 6) is 0. The maximum Gasteiger partial charge on any atom is 0.330 e. The number of anilines is 1. The first-order valence-corrected chi connectivity index (χ1v) is 5.12. The Bertz CT molecular complexity index is 427. The molecule has 1 aromatic rings. The second-order valence-corrected chi connectivity index (χ2v) is 3.63. The second-order valence-electron chi connectivity index (χ2n) is 3.63. The first kappa shape index (κ1) is 12.5. The lowest BCUT2D eigenvalue weighted by molar-refractivity contribution is 0.191. The quantitative estimate of drug-likeness (QED) is 0.691. The number of methoxy groups -OCH3 is 1. The molecule has 6 heteroatoms. The van der Waals surface area contributed by atoms with Gasteiger partial charge in [0.25, 0.3) is 5.56 Å². The van der Waals surface area contributed by atoms with Gasteiger partial charge in [0.2, 0.25) is 0 Å². The minimum absolute atomic E-state index is 0.0915. The number of nitrogens with zero attached hydrogens (tertiary/aromatic N) is 2. The van der Waals surface area contributed by atoms with E-state index in [1.807, 2.05) is 0 Å². The predicted octanol–water partition coefficient (Wildman–Crippen LogP) is -0.444. The monoisotopic (exact) mass is 227 g/mol. The number of aromatic nitrogens is 2. The van der Waals surface area contributed by atoms with Gasteiger partial charge in [-0.25, -0.2) is 4.79 Å². The molecule has 6 nitrogen and oxygen atoms in total. The predicted molar refractivity (Wildman–Crippen MR) is 61.5 cm³/mol. The van der Waals surface area contributed by atoms with Crippen LogP contribution in [0.2, 0.25) is 0 Å². The normalized spacial score (nSPS) is 10.6. The van der Waals surface area contributed by atoms with Crippen molar-refractivity contribution in [2.75, 3.05) is 19.5 Å². The highest BCUT2D eigenvalue weighted by Crippen LogP contribution is 1.93. The fourth-order valence-electron chi connectivity index (χ4n) is 1.47. The van der Waals surface area contributed by atoms with Crippen LogP contribution in [0, 0.1) is 0 Å². The minimum Gasteiger partial charge on any atom is -0.393 e. The van der Waals surface area contributed by atoms with E-state index < -0.39 is 5.56 Å². The molecule has 1 rings (SSSR count). The van der Waals surface area contributed by atoms with Crippen LogP contribution in [0.25, 0.3) is 0 Å². The molecule has 0 amide bonds. The van der Waals surface area contributed by atoms with Crippen LogP contribution in [0.5, 0.6) is 0 Å². The van der Waals surface area contributed by atoms with Gasteiger partial charge in [-0.2, -0.15) is 0 Å². The molecule has 1 heterocycles. The summed E-state index contributed by atoms with van der Waals surface area (Å²) in [7, 11) is 3.19. The fourth-order valence-corrected chi connectivity index (χ4v) is 1.47. The van der Waals surface area contributed by atoms with Crippen LogP contribution in [0.4, 0.5) is 5.69 Å². The minimum atomic E-state index is -0.416. The maximum atomic E-state index is 11.6. The molecule has 0 unspecified atom stereocenters. The average Bonchev–Trinajstić information content (AvgIpc) is 2.25. The van der Waals surface area contributed by atoms with E-state index in [4.69, 9.17) is 10.5 Å². The van der Waals surface area contributed by atoms with Crippen LogP contribution in [-0.4, -0.2) is 22.9 Å². The molecule has 2 N–H and O–H groups in total. The molecule has 0 aliphatic rings. The van der Waals surface area contributed by atoms with Gasteiger partial charge < -0.3 is 15.0 Å². The largest absolute Gasteiger partial charge is 0.393 e. The molecule has 0 bridgehead atoms. The van der Waals surface area contributed by atoms with Crippen molar-refractivity contribution in [1.82, 2.24) is 9.13 Å². The van der Waals surface area contributed by atoms with Gasteiger partial charge in [-0.1, -0.05) is 0 Å². The zero-order chi connectivity index (χ0) is 12.1. The number of ether oxygens (including phenoxy) is 1. The Hall–Kier alpha value is -1.56. The third-order valence-corrected chi connectivity index (χ3v) is 2.34. The van der Waals surface area contributed by atoms with Crippen molar-refractivity contribution in [3.05, 3.63) is 27.0 Å². The van der Waals surface area contributed by atoms with Crippen LogP contribution < -0.4 is 17.0 Å². The summed E-state index contributed by atoms with van der Waals surface area (Å²) in [6, 6.07) is 0. The SMILES string of the molecule is COCCCCn1c(=O)c(N)cn(C)c1=O. The molecule has 0 saturated carbocycles. The maximum absolute atomic E-state index is 11.6. The molecule has 0 radical (unpaired) electrons. The Balaban J connectivity index is 2.87. The fraction of sp³-hybridized carbons (Fsp3) is 0.600. The third-order valence-electron chi connectivity index (χ3n) is 2.34. The molecule has 0 spiro atoms. The molecule has 0 aromatic carbocycles. The molecule has 16 heavy (non-hydrogen) atoms. The topological polar surface area (TPSA) is 79.2 Å². The lowest BCUT2D eigenvalue weighted by atomic mass is 10.3. The Kier molecular flexibility index (Phi) is 4.30. The number of nitrogen functional groups attached to an aromatic ring is 1. The Morgan fingerprint density at radius 2 is 2.06 bits per heavy atom. The van der Waals surface area contributed by atoms with Crippen molar-refractivity contribution >= 4 is 5.69 Å². The summed E-state index contributed by atoms with van der Waals surface area (Å²) in [4.78, 5) is 23.2. The second kappa shape index (κ2) is 5.50. The molecule has 0 fully saturated rings. The molecule has 0 atom stereocenters. The summed E-state index contributed by atoms with van der Waals surface area (Å²) in [5, 5.41) is 0. The van der Waals surface area contributed by atoms with Crippen LogP contribution in [-0.2, 0) is 18.3 Å². The van der Waals surface area contributed by atoms with Gasteiger partial charge >= 0.3 is 5.69 Å². The number of nitrogens with two attached hydrogens (primary N) is 1. The van der Waals surface area contributed by atoms with E-state index in [1.54, 1.807) is 14.2 Å². The summed E-state index contributed by atoms with van der Waals surface area (Å²) in [6.45, 7) is 0.997. The van der Waals surface area contributed by atoms with Crippen molar-refractivity contribution in [2.24, 2.45) is 7.05 Å². The van der Waals surface area contributed by atoms with E-state index in [2.05, 4.69) is 0 Å². The Morgan fingerprint density at radius 3 is 2.69 bits per heavy atom. The van der Waals surface area contributed by atoms with Crippen LogP contribution >= 0.6 is 0 Å². The number of hydrogen-bond donors (Lipinski definition) is 1. The van der Waals surface area contributed by atoms with E-state index in [1.165, 1.54) is 10.8 Å². The number of unbranched alkanes of at least 4 members (excludes halogenated alkanes) is 1. The van der Waals surface area contributed by atoms with Gasteiger partial charge in [0.15, 0.2) is 0 Å². The molecule has 1 aromatic heterocycles. The Morgan fingerprint density at radius 1 is 1.38 bits per heavy atom. The van der Waals surface area contributed by atoms with Crippen LogP contribution in [0.1, 0.15) is 12.8 Å². The van der Waals surface area contributed by atoms with Gasteiger partial charge in [0, 0.05) is 33.5 Å². The van der Waals surface area contributed by atoms with Crippen molar-refractivity contribution in [3.63, 3.8) is 0 Å². The zero-order valence-electron chi connectivity index (χ0n) is 9.60. The standard InChI is InChI=1S/C10H17N3O3/c1-12-7-8(11)9(14)13(10(12)15)5-3-4-6-16-2/h7H,3-6,11H2,1-2H3. The molecular weight excluding hydrogens is 210 g/mol. The van der Waals surface area contributed by atoms with Gasteiger partial charge in [0.1, 0.15) is 5.69 Å². The van der Waals surface area contributed by atoms with E-state index in [0.717, 1.165) is 11.0 Å². The highest BCUT2D eigenvalue weighted by molar-refractivity contribution is 5.30. The summed E-state index contributed by atoms with van der Waals surface area (Å²) in [5.41, 5.74) is 4.84. The van der Waals surface area contributed by atoms with Gasteiger partial charge in [-0.15, -0.1) is 0 Å². The van der Waals surface area contributed by atoms with E-state index in [9.17, 15) is 9.59 Å².